The first-order valence-electron chi connectivity index (χ1n) is 5.49. The van der Waals surface area contributed by atoms with Crippen LogP contribution in [0, 0.1) is 0 Å². The zero-order valence-electron chi connectivity index (χ0n) is 9.82. The van der Waals surface area contributed by atoms with E-state index in [1.54, 1.807) is 18.3 Å². The molecule has 0 saturated carbocycles. The molecular formula is C13H13Cl2N3. The summed E-state index contributed by atoms with van der Waals surface area (Å²) in [4.78, 5) is 4.02. The number of halogens is 2. The van der Waals surface area contributed by atoms with E-state index < -0.39 is 0 Å². The van der Waals surface area contributed by atoms with Crippen molar-refractivity contribution in [3.05, 3.63) is 52.1 Å². The Morgan fingerprint density at radius 1 is 1.22 bits per heavy atom. The number of nitrogens with one attached hydrogen (secondary N) is 1. The number of hydrogen-bond acceptors (Lipinski definition) is 3. The third kappa shape index (κ3) is 3.06. The lowest BCUT2D eigenvalue weighted by molar-refractivity contribution is 0.883. The lowest BCUT2D eigenvalue weighted by atomic mass is 10.1. The highest BCUT2D eigenvalue weighted by Gasteiger charge is 2.10. The maximum absolute atomic E-state index is 6.16. The standard InChI is InChI=1S/C13H13Cl2N3/c1-8(11-4-2-9(14)6-12(11)15)18-10-3-5-13(16)17-7-10/h2-8,18H,1H3,(H2,16,17). The summed E-state index contributed by atoms with van der Waals surface area (Å²) < 4.78 is 0. The lowest BCUT2D eigenvalue weighted by Crippen LogP contribution is -2.07. The van der Waals surface area contributed by atoms with Crippen molar-refractivity contribution < 1.29 is 0 Å². The average molecular weight is 282 g/mol. The summed E-state index contributed by atoms with van der Waals surface area (Å²) in [7, 11) is 0. The molecule has 94 valence electrons. The molecule has 0 aliphatic heterocycles. The van der Waals surface area contributed by atoms with Crippen molar-refractivity contribution in [2.24, 2.45) is 0 Å². The van der Waals surface area contributed by atoms with Gasteiger partial charge in [0.2, 0.25) is 0 Å². The number of pyridine rings is 1. The maximum atomic E-state index is 6.16. The van der Waals surface area contributed by atoms with Crippen molar-refractivity contribution >= 4 is 34.7 Å². The Balaban J connectivity index is 2.16. The van der Waals surface area contributed by atoms with Gasteiger partial charge in [0.05, 0.1) is 17.9 Å². The van der Waals surface area contributed by atoms with E-state index in [4.69, 9.17) is 28.9 Å². The van der Waals surface area contributed by atoms with Gasteiger partial charge in [-0.25, -0.2) is 4.98 Å². The number of aromatic nitrogens is 1. The number of anilines is 2. The van der Waals surface area contributed by atoms with Gasteiger partial charge in [-0.2, -0.15) is 0 Å². The van der Waals surface area contributed by atoms with Crippen LogP contribution in [0.15, 0.2) is 36.5 Å². The highest BCUT2D eigenvalue weighted by Crippen LogP contribution is 2.28. The van der Waals surface area contributed by atoms with Crippen LogP contribution in [0.5, 0.6) is 0 Å². The number of nitrogens with two attached hydrogens (primary N) is 1. The third-order valence-electron chi connectivity index (χ3n) is 2.60. The average Bonchev–Trinajstić information content (AvgIpc) is 2.32. The molecule has 0 spiro atoms. The third-order valence-corrected chi connectivity index (χ3v) is 3.16. The van der Waals surface area contributed by atoms with Gasteiger partial charge >= 0.3 is 0 Å². The summed E-state index contributed by atoms with van der Waals surface area (Å²) in [5.74, 6) is 0.498. The Morgan fingerprint density at radius 3 is 2.61 bits per heavy atom. The minimum atomic E-state index is 0.0557. The van der Waals surface area contributed by atoms with Crippen LogP contribution < -0.4 is 11.1 Å². The topological polar surface area (TPSA) is 50.9 Å². The van der Waals surface area contributed by atoms with Gasteiger partial charge in [-0.05, 0) is 36.8 Å². The van der Waals surface area contributed by atoms with Crippen molar-refractivity contribution in [3.63, 3.8) is 0 Å². The van der Waals surface area contributed by atoms with E-state index >= 15 is 0 Å². The molecule has 5 heteroatoms. The van der Waals surface area contributed by atoms with Crippen LogP contribution in [0.4, 0.5) is 11.5 Å². The summed E-state index contributed by atoms with van der Waals surface area (Å²) in [5, 5.41) is 4.57. The molecule has 1 atom stereocenters. The Morgan fingerprint density at radius 2 is 2.00 bits per heavy atom. The summed E-state index contributed by atoms with van der Waals surface area (Å²) in [6.07, 6.45) is 1.69. The first-order chi connectivity index (χ1) is 8.56. The normalized spacial score (nSPS) is 12.2. The van der Waals surface area contributed by atoms with E-state index in [2.05, 4.69) is 10.3 Å². The largest absolute Gasteiger partial charge is 0.384 e. The van der Waals surface area contributed by atoms with Gasteiger partial charge in [-0.15, -0.1) is 0 Å². The van der Waals surface area contributed by atoms with Crippen molar-refractivity contribution in [2.75, 3.05) is 11.1 Å². The molecule has 0 amide bonds. The van der Waals surface area contributed by atoms with Crippen molar-refractivity contribution in [1.82, 2.24) is 4.98 Å². The van der Waals surface area contributed by atoms with E-state index in [1.165, 1.54) is 0 Å². The second-order valence-electron chi connectivity index (χ2n) is 4.00. The lowest BCUT2D eigenvalue weighted by Gasteiger charge is -2.17. The van der Waals surface area contributed by atoms with E-state index in [-0.39, 0.29) is 6.04 Å². The molecule has 2 aromatic rings. The minimum Gasteiger partial charge on any atom is -0.384 e. The molecule has 18 heavy (non-hydrogen) atoms. The van der Waals surface area contributed by atoms with Gasteiger partial charge in [0.15, 0.2) is 0 Å². The van der Waals surface area contributed by atoms with Crippen LogP contribution in [-0.2, 0) is 0 Å². The molecule has 0 radical (unpaired) electrons. The highest BCUT2D eigenvalue weighted by atomic mass is 35.5. The summed E-state index contributed by atoms with van der Waals surface area (Å²) in [6.45, 7) is 2.02. The van der Waals surface area contributed by atoms with Crippen LogP contribution >= 0.6 is 23.2 Å². The van der Waals surface area contributed by atoms with Crippen LogP contribution in [0.25, 0.3) is 0 Å². The second-order valence-corrected chi connectivity index (χ2v) is 4.85. The molecule has 1 aromatic carbocycles. The highest BCUT2D eigenvalue weighted by molar-refractivity contribution is 6.35. The zero-order chi connectivity index (χ0) is 13.1. The molecule has 1 unspecified atom stereocenters. The van der Waals surface area contributed by atoms with Crippen LogP contribution in [0.1, 0.15) is 18.5 Å². The molecule has 1 heterocycles. The van der Waals surface area contributed by atoms with Crippen molar-refractivity contribution in [3.8, 4) is 0 Å². The molecule has 3 nitrogen and oxygen atoms in total. The van der Waals surface area contributed by atoms with E-state index in [9.17, 15) is 0 Å². The van der Waals surface area contributed by atoms with Crippen LogP contribution in [0.2, 0.25) is 10.0 Å². The van der Waals surface area contributed by atoms with Gasteiger partial charge in [0.1, 0.15) is 5.82 Å². The molecular weight excluding hydrogens is 269 g/mol. The molecule has 3 N–H and O–H groups in total. The minimum absolute atomic E-state index is 0.0557. The van der Waals surface area contributed by atoms with Gasteiger partial charge in [0, 0.05) is 10.0 Å². The fourth-order valence-electron chi connectivity index (χ4n) is 1.67. The van der Waals surface area contributed by atoms with Crippen molar-refractivity contribution in [2.45, 2.75) is 13.0 Å². The Bertz CT molecular complexity index is 540. The quantitative estimate of drug-likeness (QED) is 0.889. The van der Waals surface area contributed by atoms with Gasteiger partial charge in [-0.3, -0.25) is 0 Å². The van der Waals surface area contributed by atoms with Gasteiger partial charge < -0.3 is 11.1 Å². The monoisotopic (exact) mass is 281 g/mol. The van der Waals surface area contributed by atoms with Crippen LogP contribution in [-0.4, -0.2) is 4.98 Å². The summed E-state index contributed by atoms with van der Waals surface area (Å²) in [5.41, 5.74) is 7.41. The molecule has 0 bridgehead atoms. The first kappa shape index (κ1) is 13.0. The predicted octanol–water partition coefficient (Wildman–Crippen LogP) is 4.14. The summed E-state index contributed by atoms with van der Waals surface area (Å²) >= 11 is 12.0. The Hall–Kier alpha value is -1.45. The van der Waals surface area contributed by atoms with E-state index in [1.807, 2.05) is 25.1 Å². The summed E-state index contributed by atoms with van der Waals surface area (Å²) in [6, 6.07) is 9.15. The molecule has 2 rings (SSSR count). The maximum Gasteiger partial charge on any atom is 0.123 e. The zero-order valence-corrected chi connectivity index (χ0v) is 11.3. The first-order valence-corrected chi connectivity index (χ1v) is 6.25. The fourth-order valence-corrected chi connectivity index (χ4v) is 2.24. The van der Waals surface area contributed by atoms with E-state index in [0.717, 1.165) is 11.3 Å². The molecule has 0 fully saturated rings. The smallest absolute Gasteiger partial charge is 0.123 e. The van der Waals surface area contributed by atoms with Gasteiger partial charge in [0.25, 0.3) is 0 Å². The van der Waals surface area contributed by atoms with Crippen molar-refractivity contribution in [1.29, 1.82) is 0 Å². The van der Waals surface area contributed by atoms with E-state index in [0.29, 0.717) is 15.9 Å². The number of nitrogen functional groups attached to an aromatic ring is 1. The number of nitrogens with zero attached hydrogens (tertiary/aromatic N) is 1. The van der Waals surface area contributed by atoms with Gasteiger partial charge in [-0.1, -0.05) is 29.3 Å². The predicted molar refractivity (Wildman–Crippen MR) is 77.1 cm³/mol. The second kappa shape index (κ2) is 5.46. The molecule has 1 aromatic heterocycles. The number of hydrogen-bond donors (Lipinski definition) is 2. The van der Waals surface area contributed by atoms with Crippen LogP contribution in [0.3, 0.4) is 0 Å². The number of benzene rings is 1. The Kier molecular flexibility index (Phi) is 3.94. The molecule has 0 saturated heterocycles. The number of rotatable bonds is 3. The Labute approximate surface area is 116 Å². The molecule has 0 aliphatic rings. The fraction of sp³-hybridized carbons (Fsp3) is 0.154. The molecule has 0 aliphatic carbocycles. The SMILES string of the molecule is CC(Nc1ccc(N)nc1)c1ccc(Cl)cc1Cl.